The fraction of sp³-hybridized carbons (Fsp3) is 0. The molecule has 0 saturated heterocycles. The molecule has 172 valence electrons. The molecule has 3 heteroatoms. The summed E-state index contributed by atoms with van der Waals surface area (Å²) in [5.41, 5.74) is 6.87. The molecule has 0 atom stereocenters. The van der Waals surface area contributed by atoms with E-state index in [-0.39, 0.29) is 5.91 Å². The molecule has 1 N–H and O–H groups in total. The number of amides is 1. The van der Waals surface area contributed by atoms with Gasteiger partial charge in [0.05, 0.1) is 11.4 Å². The summed E-state index contributed by atoms with van der Waals surface area (Å²) in [6.45, 7) is 0. The number of hydrogen-bond donors (Lipinski definition) is 1. The molecule has 5 aromatic carbocycles. The Morgan fingerprint density at radius 2 is 1.08 bits per heavy atom. The minimum Gasteiger partial charge on any atom is -0.322 e. The third-order valence-corrected chi connectivity index (χ3v) is 6.42. The van der Waals surface area contributed by atoms with E-state index in [1.807, 2.05) is 72.8 Å². The monoisotopic (exact) mass is 464 g/mol. The molecule has 1 heterocycles. The maximum absolute atomic E-state index is 13.0. The van der Waals surface area contributed by atoms with Gasteiger partial charge in [-0.15, -0.1) is 0 Å². The van der Waals surface area contributed by atoms with Crippen LogP contribution in [-0.2, 0) is 0 Å². The SMILES string of the molecule is O=C(Nc1ccc2ccccc2c1)c1ccc(-n2c(-c3ccccc3)ccc2-c2ccccc2)cc1. The molecule has 0 aliphatic heterocycles. The number of carbonyl (C=O) groups excluding carboxylic acids is 1. The minimum absolute atomic E-state index is 0.129. The number of aromatic nitrogens is 1. The Labute approximate surface area is 210 Å². The minimum atomic E-state index is -0.129. The van der Waals surface area contributed by atoms with Crippen LogP contribution in [0.3, 0.4) is 0 Å². The zero-order valence-corrected chi connectivity index (χ0v) is 19.6. The van der Waals surface area contributed by atoms with Crippen LogP contribution in [0.4, 0.5) is 5.69 Å². The van der Waals surface area contributed by atoms with Crippen LogP contribution in [0.1, 0.15) is 10.4 Å². The third-order valence-electron chi connectivity index (χ3n) is 6.42. The number of nitrogens with one attached hydrogen (secondary N) is 1. The van der Waals surface area contributed by atoms with Crippen LogP contribution in [-0.4, -0.2) is 10.5 Å². The first-order chi connectivity index (χ1) is 17.8. The number of fused-ring (bicyclic) bond motifs is 1. The van der Waals surface area contributed by atoms with Crippen LogP contribution in [0.15, 0.2) is 140 Å². The quantitative estimate of drug-likeness (QED) is 0.274. The van der Waals surface area contributed by atoms with E-state index in [4.69, 9.17) is 0 Å². The molecule has 3 nitrogen and oxygen atoms in total. The van der Waals surface area contributed by atoms with Crippen LogP contribution in [0.5, 0.6) is 0 Å². The molecular formula is C33H24N2O. The molecule has 6 aromatic rings. The second kappa shape index (κ2) is 9.40. The van der Waals surface area contributed by atoms with E-state index in [0.29, 0.717) is 5.56 Å². The van der Waals surface area contributed by atoms with Gasteiger partial charge in [0.1, 0.15) is 0 Å². The summed E-state index contributed by atoms with van der Waals surface area (Å²) in [7, 11) is 0. The van der Waals surface area contributed by atoms with Crippen molar-refractivity contribution in [3.05, 3.63) is 145 Å². The summed E-state index contributed by atoms with van der Waals surface area (Å²) >= 11 is 0. The largest absolute Gasteiger partial charge is 0.322 e. The maximum atomic E-state index is 13.0. The Morgan fingerprint density at radius 3 is 1.69 bits per heavy atom. The van der Waals surface area contributed by atoms with Gasteiger partial charge in [0, 0.05) is 16.9 Å². The second-order valence-electron chi connectivity index (χ2n) is 8.73. The summed E-state index contributed by atoms with van der Waals surface area (Å²) in [5, 5.41) is 5.28. The van der Waals surface area contributed by atoms with Gasteiger partial charge in [-0.05, 0) is 70.4 Å². The van der Waals surface area contributed by atoms with Gasteiger partial charge in [0.25, 0.3) is 5.91 Å². The lowest BCUT2D eigenvalue weighted by atomic mass is 10.1. The molecule has 1 aromatic heterocycles. The van der Waals surface area contributed by atoms with E-state index in [1.165, 1.54) is 0 Å². The highest BCUT2D eigenvalue weighted by Gasteiger charge is 2.14. The third kappa shape index (κ3) is 4.19. The smallest absolute Gasteiger partial charge is 0.255 e. The normalized spacial score (nSPS) is 10.9. The van der Waals surface area contributed by atoms with Gasteiger partial charge in [-0.25, -0.2) is 0 Å². The van der Waals surface area contributed by atoms with Crippen LogP contribution >= 0.6 is 0 Å². The van der Waals surface area contributed by atoms with Crippen molar-refractivity contribution in [2.24, 2.45) is 0 Å². The van der Waals surface area contributed by atoms with Crippen molar-refractivity contribution in [1.29, 1.82) is 0 Å². The number of hydrogen-bond acceptors (Lipinski definition) is 1. The lowest BCUT2D eigenvalue weighted by molar-refractivity contribution is 0.102. The first kappa shape index (κ1) is 21.6. The molecule has 0 aliphatic carbocycles. The van der Waals surface area contributed by atoms with Crippen LogP contribution in [0.2, 0.25) is 0 Å². The van der Waals surface area contributed by atoms with Gasteiger partial charge < -0.3 is 9.88 Å². The Kier molecular flexibility index (Phi) is 5.65. The summed E-state index contributed by atoms with van der Waals surface area (Å²) in [6.07, 6.45) is 0. The zero-order valence-electron chi connectivity index (χ0n) is 19.6. The first-order valence-electron chi connectivity index (χ1n) is 12.0. The van der Waals surface area contributed by atoms with E-state index in [2.05, 4.69) is 76.6 Å². The Balaban J connectivity index is 1.34. The van der Waals surface area contributed by atoms with Gasteiger partial charge in [-0.2, -0.15) is 0 Å². The Hall–Kier alpha value is -4.89. The molecule has 0 fully saturated rings. The highest BCUT2D eigenvalue weighted by atomic mass is 16.1. The Bertz CT molecular complexity index is 1590. The number of rotatable bonds is 5. The van der Waals surface area contributed by atoms with Crippen molar-refractivity contribution in [3.63, 3.8) is 0 Å². The summed E-state index contributed by atoms with van der Waals surface area (Å²) in [4.78, 5) is 13.0. The topological polar surface area (TPSA) is 34.0 Å². The molecule has 0 aliphatic rings. The van der Waals surface area contributed by atoms with Crippen molar-refractivity contribution in [2.45, 2.75) is 0 Å². The van der Waals surface area contributed by atoms with Gasteiger partial charge in [-0.3, -0.25) is 4.79 Å². The van der Waals surface area contributed by atoms with Crippen LogP contribution < -0.4 is 5.32 Å². The molecular weight excluding hydrogens is 440 g/mol. The van der Waals surface area contributed by atoms with Crippen LogP contribution in [0, 0.1) is 0 Å². The van der Waals surface area contributed by atoms with E-state index < -0.39 is 0 Å². The molecule has 0 bridgehead atoms. The Morgan fingerprint density at radius 1 is 0.528 bits per heavy atom. The highest BCUT2D eigenvalue weighted by Crippen LogP contribution is 2.32. The van der Waals surface area contributed by atoms with Crippen LogP contribution in [0.25, 0.3) is 39.0 Å². The molecule has 0 spiro atoms. The molecule has 0 unspecified atom stereocenters. The van der Waals surface area contributed by atoms with Crippen molar-refractivity contribution < 1.29 is 4.79 Å². The zero-order chi connectivity index (χ0) is 24.3. The predicted octanol–water partition coefficient (Wildman–Crippen LogP) is 8.22. The maximum Gasteiger partial charge on any atom is 0.255 e. The van der Waals surface area contributed by atoms with Gasteiger partial charge in [0.2, 0.25) is 0 Å². The highest BCUT2D eigenvalue weighted by molar-refractivity contribution is 6.05. The average Bonchev–Trinajstić information content (AvgIpc) is 3.39. The molecule has 1 amide bonds. The number of nitrogens with zero attached hydrogens (tertiary/aromatic N) is 1. The predicted molar refractivity (Wildman–Crippen MR) is 149 cm³/mol. The van der Waals surface area contributed by atoms with Gasteiger partial charge >= 0.3 is 0 Å². The first-order valence-corrected chi connectivity index (χ1v) is 12.0. The fourth-order valence-corrected chi connectivity index (χ4v) is 4.62. The van der Waals surface area contributed by atoms with E-state index in [0.717, 1.165) is 44.7 Å². The van der Waals surface area contributed by atoms with Crippen molar-refractivity contribution in [2.75, 3.05) is 5.32 Å². The van der Waals surface area contributed by atoms with Crippen molar-refractivity contribution in [3.8, 4) is 28.2 Å². The van der Waals surface area contributed by atoms with E-state index in [1.54, 1.807) is 0 Å². The number of benzene rings is 5. The second-order valence-corrected chi connectivity index (χ2v) is 8.73. The summed E-state index contributed by atoms with van der Waals surface area (Å²) < 4.78 is 2.25. The van der Waals surface area contributed by atoms with Gasteiger partial charge in [0.15, 0.2) is 0 Å². The van der Waals surface area contributed by atoms with Gasteiger partial charge in [-0.1, -0.05) is 91.0 Å². The number of carbonyl (C=O) groups is 1. The summed E-state index contributed by atoms with van der Waals surface area (Å²) in [6, 6.07) is 46.9. The average molecular weight is 465 g/mol. The van der Waals surface area contributed by atoms with Crippen molar-refractivity contribution in [1.82, 2.24) is 4.57 Å². The number of anilines is 1. The fourth-order valence-electron chi connectivity index (χ4n) is 4.62. The van der Waals surface area contributed by atoms with Crippen molar-refractivity contribution >= 4 is 22.4 Å². The summed E-state index contributed by atoms with van der Waals surface area (Å²) in [5.74, 6) is -0.129. The molecule has 0 radical (unpaired) electrons. The molecule has 36 heavy (non-hydrogen) atoms. The molecule has 6 rings (SSSR count). The van der Waals surface area contributed by atoms with E-state index in [9.17, 15) is 4.79 Å². The van der Waals surface area contributed by atoms with E-state index >= 15 is 0 Å². The molecule has 0 saturated carbocycles. The standard InChI is InChI=1S/C33H24N2O/c36-33(34-29-18-15-24-9-7-8-14-28(24)23-29)27-16-19-30(20-17-27)35-31(25-10-3-1-4-11-25)21-22-32(35)26-12-5-2-6-13-26/h1-23H,(H,34,36). The lowest BCUT2D eigenvalue weighted by Gasteiger charge is -2.15. The lowest BCUT2D eigenvalue weighted by Crippen LogP contribution is -2.12.